The molecule has 4 nitrogen and oxygen atoms in total. The van der Waals surface area contributed by atoms with Crippen molar-refractivity contribution >= 4 is 27.9 Å². The molecule has 0 fully saturated rings. The summed E-state index contributed by atoms with van der Waals surface area (Å²) in [7, 11) is 2.02. The number of hydrogen-bond donors (Lipinski definition) is 1. The van der Waals surface area contributed by atoms with Crippen LogP contribution in [0.1, 0.15) is 16.3 Å². The molecule has 0 aliphatic heterocycles. The minimum Gasteiger partial charge on any atom is -0.390 e. The average molecular weight is 299 g/mol. The van der Waals surface area contributed by atoms with Gasteiger partial charge in [-0.1, -0.05) is 24.3 Å². The summed E-state index contributed by atoms with van der Waals surface area (Å²) >= 11 is 1.66. The van der Waals surface area contributed by atoms with Crippen LogP contribution in [0.25, 0.3) is 10.8 Å². The Kier molecular flexibility index (Phi) is 3.86. The Morgan fingerprint density at radius 2 is 2.10 bits per heavy atom. The van der Waals surface area contributed by atoms with Gasteiger partial charge in [-0.25, -0.2) is 9.97 Å². The maximum atomic E-state index is 9.42. The highest BCUT2D eigenvalue weighted by Crippen LogP contribution is 2.27. The number of aryl methyl sites for hydroxylation is 1. The van der Waals surface area contributed by atoms with Crippen LogP contribution in [0.5, 0.6) is 0 Å². The van der Waals surface area contributed by atoms with Gasteiger partial charge in [0.05, 0.1) is 30.1 Å². The Balaban J connectivity index is 2.04. The maximum Gasteiger partial charge on any atom is 0.136 e. The van der Waals surface area contributed by atoms with Gasteiger partial charge >= 0.3 is 0 Å². The lowest BCUT2D eigenvalue weighted by molar-refractivity contribution is 0.277. The molecule has 0 saturated heterocycles. The summed E-state index contributed by atoms with van der Waals surface area (Å²) in [4.78, 5) is 12.2. The van der Waals surface area contributed by atoms with E-state index in [0.717, 1.165) is 28.8 Å². The zero-order valence-corrected chi connectivity index (χ0v) is 12.9. The molecule has 0 spiro atoms. The summed E-state index contributed by atoms with van der Waals surface area (Å²) in [6.07, 6.45) is 0. The van der Waals surface area contributed by atoms with Crippen molar-refractivity contribution in [1.29, 1.82) is 0 Å². The molecule has 108 valence electrons. The average Bonchev–Trinajstić information content (AvgIpc) is 2.91. The molecule has 2 aromatic heterocycles. The highest BCUT2D eigenvalue weighted by molar-refractivity contribution is 7.09. The molecule has 0 aliphatic carbocycles. The maximum absolute atomic E-state index is 9.42. The highest BCUT2D eigenvalue weighted by Gasteiger charge is 2.12. The Bertz CT molecular complexity index is 769. The van der Waals surface area contributed by atoms with Crippen molar-refractivity contribution in [1.82, 2.24) is 9.97 Å². The lowest BCUT2D eigenvalue weighted by Crippen LogP contribution is -2.18. The standard InChI is InChI=1S/C16H17N3OS/c1-11-15(21-10-17-11)8-19(2)16-14-6-4-3-5-12(14)7-13(9-20)18-16/h3-7,10,20H,8-9H2,1-2H3. The SMILES string of the molecule is Cc1ncsc1CN(C)c1nc(CO)cc2ccccc12. The van der Waals surface area contributed by atoms with Crippen LogP contribution in [-0.2, 0) is 13.2 Å². The topological polar surface area (TPSA) is 49.2 Å². The molecule has 0 aliphatic rings. The number of hydrogen-bond acceptors (Lipinski definition) is 5. The van der Waals surface area contributed by atoms with E-state index in [1.165, 1.54) is 4.88 Å². The Morgan fingerprint density at radius 3 is 2.81 bits per heavy atom. The first-order chi connectivity index (χ1) is 10.2. The van der Waals surface area contributed by atoms with E-state index in [1.54, 1.807) is 11.3 Å². The smallest absolute Gasteiger partial charge is 0.136 e. The van der Waals surface area contributed by atoms with Crippen molar-refractivity contribution in [2.24, 2.45) is 0 Å². The lowest BCUT2D eigenvalue weighted by Gasteiger charge is -2.20. The van der Waals surface area contributed by atoms with Gasteiger partial charge in [0.15, 0.2) is 0 Å². The van der Waals surface area contributed by atoms with Crippen molar-refractivity contribution < 1.29 is 5.11 Å². The first kappa shape index (κ1) is 14.0. The Morgan fingerprint density at radius 1 is 1.29 bits per heavy atom. The fourth-order valence-electron chi connectivity index (χ4n) is 2.37. The number of rotatable bonds is 4. The van der Waals surface area contributed by atoms with Crippen LogP contribution >= 0.6 is 11.3 Å². The van der Waals surface area contributed by atoms with Crippen LogP contribution < -0.4 is 4.90 Å². The molecule has 21 heavy (non-hydrogen) atoms. The summed E-state index contributed by atoms with van der Waals surface area (Å²) in [6.45, 7) is 2.74. The quantitative estimate of drug-likeness (QED) is 0.804. The van der Waals surface area contributed by atoms with E-state index in [9.17, 15) is 5.11 Å². The fraction of sp³-hybridized carbons (Fsp3) is 0.250. The van der Waals surface area contributed by atoms with Gasteiger partial charge in [-0.15, -0.1) is 11.3 Å². The van der Waals surface area contributed by atoms with Gasteiger partial charge < -0.3 is 10.0 Å². The van der Waals surface area contributed by atoms with Gasteiger partial charge in [-0.05, 0) is 18.4 Å². The third-order valence-electron chi connectivity index (χ3n) is 3.52. The molecule has 1 aromatic carbocycles. The molecule has 3 rings (SSSR count). The van der Waals surface area contributed by atoms with Crippen molar-refractivity contribution in [2.45, 2.75) is 20.1 Å². The number of thiazole rings is 1. The zero-order valence-electron chi connectivity index (χ0n) is 12.1. The van der Waals surface area contributed by atoms with Crippen molar-refractivity contribution in [3.8, 4) is 0 Å². The van der Waals surface area contributed by atoms with Gasteiger partial charge in [0, 0.05) is 17.3 Å². The van der Waals surface area contributed by atoms with Crippen LogP contribution in [0.15, 0.2) is 35.8 Å². The molecule has 0 unspecified atom stereocenters. The van der Waals surface area contributed by atoms with E-state index in [0.29, 0.717) is 5.69 Å². The first-order valence-corrected chi connectivity index (χ1v) is 7.66. The minimum atomic E-state index is -0.0503. The number of pyridine rings is 1. The second kappa shape index (κ2) is 5.79. The number of aromatic nitrogens is 2. The summed E-state index contributed by atoms with van der Waals surface area (Å²) in [5, 5.41) is 11.6. The molecule has 0 radical (unpaired) electrons. The zero-order chi connectivity index (χ0) is 14.8. The molecule has 2 heterocycles. The number of benzene rings is 1. The Hall–Kier alpha value is -1.98. The van der Waals surface area contributed by atoms with Crippen molar-refractivity contribution in [3.63, 3.8) is 0 Å². The van der Waals surface area contributed by atoms with Crippen LogP contribution in [0.3, 0.4) is 0 Å². The monoisotopic (exact) mass is 299 g/mol. The molecule has 0 atom stereocenters. The number of aliphatic hydroxyl groups is 1. The second-order valence-corrected chi connectivity index (χ2v) is 5.97. The molecular formula is C16H17N3OS. The summed E-state index contributed by atoms with van der Waals surface area (Å²) in [5.41, 5.74) is 3.62. The van der Waals surface area contributed by atoms with Crippen LogP contribution in [0.4, 0.5) is 5.82 Å². The molecule has 5 heteroatoms. The van der Waals surface area contributed by atoms with Gasteiger partial charge in [0.25, 0.3) is 0 Å². The van der Waals surface area contributed by atoms with Crippen LogP contribution in [0.2, 0.25) is 0 Å². The van der Waals surface area contributed by atoms with E-state index >= 15 is 0 Å². The number of aliphatic hydroxyl groups excluding tert-OH is 1. The van der Waals surface area contributed by atoms with Crippen molar-refractivity contribution in [3.05, 3.63) is 52.1 Å². The van der Waals surface area contributed by atoms with E-state index in [-0.39, 0.29) is 6.61 Å². The first-order valence-electron chi connectivity index (χ1n) is 6.78. The van der Waals surface area contributed by atoms with Gasteiger partial charge in [-0.2, -0.15) is 0 Å². The number of fused-ring (bicyclic) bond motifs is 1. The number of anilines is 1. The van der Waals surface area contributed by atoms with E-state index in [2.05, 4.69) is 20.9 Å². The van der Waals surface area contributed by atoms with Crippen LogP contribution in [-0.4, -0.2) is 22.1 Å². The van der Waals surface area contributed by atoms with Gasteiger partial charge in [-0.3, -0.25) is 0 Å². The fourth-order valence-corrected chi connectivity index (χ4v) is 3.20. The van der Waals surface area contributed by atoms with Crippen molar-refractivity contribution in [2.75, 3.05) is 11.9 Å². The van der Waals surface area contributed by atoms with Gasteiger partial charge in [0.2, 0.25) is 0 Å². The molecular weight excluding hydrogens is 282 g/mol. The van der Waals surface area contributed by atoms with E-state index in [4.69, 9.17) is 0 Å². The molecule has 0 bridgehead atoms. The van der Waals surface area contributed by atoms with E-state index < -0.39 is 0 Å². The number of nitrogens with zero attached hydrogens (tertiary/aromatic N) is 3. The molecule has 3 aromatic rings. The third-order valence-corrected chi connectivity index (χ3v) is 4.44. The summed E-state index contributed by atoms with van der Waals surface area (Å²) in [6, 6.07) is 10.1. The lowest BCUT2D eigenvalue weighted by atomic mass is 10.1. The summed E-state index contributed by atoms with van der Waals surface area (Å²) < 4.78 is 0. The van der Waals surface area contributed by atoms with Gasteiger partial charge in [0.1, 0.15) is 5.82 Å². The predicted octanol–water partition coefficient (Wildman–Crippen LogP) is 3.13. The molecule has 0 saturated carbocycles. The normalized spacial score (nSPS) is 11.0. The Labute approximate surface area is 127 Å². The van der Waals surface area contributed by atoms with Crippen LogP contribution in [0, 0.1) is 6.92 Å². The predicted molar refractivity (Wildman–Crippen MR) is 86.6 cm³/mol. The second-order valence-electron chi connectivity index (χ2n) is 5.03. The molecule has 1 N–H and O–H groups in total. The largest absolute Gasteiger partial charge is 0.390 e. The van der Waals surface area contributed by atoms with E-state index in [1.807, 2.05) is 43.7 Å². The highest BCUT2D eigenvalue weighted by atomic mass is 32.1. The summed E-state index contributed by atoms with van der Waals surface area (Å²) in [5.74, 6) is 0.893. The third kappa shape index (κ3) is 2.75. The minimum absolute atomic E-state index is 0.0503. The molecule has 0 amide bonds.